The monoisotopic (exact) mass is 306 g/mol. The zero-order chi connectivity index (χ0) is 15.7. The average Bonchev–Trinajstić information content (AvgIpc) is 2.96. The van der Waals surface area contributed by atoms with Crippen molar-refractivity contribution in [2.24, 2.45) is 0 Å². The number of alkyl halides is 3. The van der Waals surface area contributed by atoms with E-state index in [1.165, 1.54) is 18.2 Å². The van der Waals surface area contributed by atoms with Crippen LogP contribution in [0.25, 0.3) is 22.9 Å². The molecule has 0 aliphatic carbocycles. The fourth-order valence-corrected chi connectivity index (χ4v) is 1.91. The van der Waals surface area contributed by atoms with Crippen LogP contribution in [0, 0.1) is 0 Å². The third-order valence-corrected chi connectivity index (χ3v) is 3.02. The quantitative estimate of drug-likeness (QED) is 0.773. The number of phenolic OH excluding ortho intramolecular Hbond substituents is 1. The summed E-state index contributed by atoms with van der Waals surface area (Å²) in [5.41, 5.74) is -0.0352. The number of aromatic nitrogens is 2. The second-order valence-electron chi connectivity index (χ2n) is 4.50. The molecule has 0 aliphatic rings. The molecule has 0 saturated carbocycles. The molecular weight excluding hydrogens is 297 g/mol. The van der Waals surface area contributed by atoms with E-state index in [1.54, 1.807) is 18.2 Å². The molecule has 7 heteroatoms. The Bertz CT molecular complexity index is 795. The van der Waals surface area contributed by atoms with Crippen LogP contribution in [0.15, 0.2) is 52.9 Å². The summed E-state index contributed by atoms with van der Waals surface area (Å²) >= 11 is 0. The number of phenols is 1. The molecule has 0 bridgehead atoms. The number of benzene rings is 2. The highest BCUT2D eigenvalue weighted by Gasteiger charge is 2.30. The summed E-state index contributed by atoms with van der Waals surface area (Å²) in [6, 6.07) is 10.8. The second kappa shape index (κ2) is 5.18. The van der Waals surface area contributed by atoms with Gasteiger partial charge in [0.2, 0.25) is 5.89 Å². The number of rotatable bonds is 2. The van der Waals surface area contributed by atoms with E-state index < -0.39 is 11.7 Å². The highest BCUT2D eigenvalue weighted by atomic mass is 19.4. The van der Waals surface area contributed by atoms with Crippen molar-refractivity contribution in [3.8, 4) is 28.7 Å². The Balaban J connectivity index is 1.93. The molecule has 1 N–H and O–H groups in total. The predicted molar refractivity (Wildman–Crippen MR) is 71.8 cm³/mol. The lowest BCUT2D eigenvalue weighted by molar-refractivity contribution is -0.137. The number of hydrogen-bond donors (Lipinski definition) is 1. The topological polar surface area (TPSA) is 59.2 Å². The lowest BCUT2D eigenvalue weighted by Gasteiger charge is -2.05. The van der Waals surface area contributed by atoms with E-state index in [0.29, 0.717) is 11.1 Å². The van der Waals surface area contributed by atoms with Gasteiger partial charge in [-0.1, -0.05) is 12.1 Å². The molecule has 112 valence electrons. The molecule has 0 atom stereocenters. The van der Waals surface area contributed by atoms with Gasteiger partial charge in [0.1, 0.15) is 5.75 Å². The molecule has 0 spiro atoms. The molecular formula is C15H9F3N2O2. The molecule has 22 heavy (non-hydrogen) atoms. The van der Waals surface area contributed by atoms with E-state index in [0.717, 1.165) is 12.1 Å². The lowest BCUT2D eigenvalue weighted by Crippen LogP contribution is -2.03. The number of para-hydroxylation sites is 1. The van der Waals surface area contributed by atoms with Crippen LogP contribution < -0.4 is 0 Å². The van der Waals surface area contributed by atoms with Gasteiger partial charge in [0, 0.05) is 5.56 Å². The van der Waals surface area contributed by atoms with Gasteiger partial charge in [-0.15, -0.1) is 10.2 Å². The second-order valence-corrected chi connectivity index (χ2v) is 4.50. The van der Waals surface area contributed by atoms with Gasteiger partial charge in [-0.25, -0.2) is 0 Å². The van der Waals surface area contributed by atoms with Gasteiger partial charge < -0.3 is 9.52 Å². The normalized spacial score (nSPS) is 11.6. The molecule has 0 unspecified atom stereocenters. The maximum Gasteiger partial charge on any atom is 0.416 e. The molecule has 0 radical (unpaired) electrons. The van der Waals surface area contributed by atoms with Crippen molar-refractivity contribution >= 4 is 0 Å². The summed E-state index contributed by atoms with van der Waals surface area (Å²) in [7, 11) is 0. The first-order valence-corrected chi connectivity index (χ1v) is 6.24. The number of aromatic hydroxyl groups is 1. The standard InChI is InChI=1S/C15H9F3N2O2/c16-15(17,18)10-7-5-9(6-8-10)13-19-20-14(22-13)11-3-1-2-4-12(11)21/h1-8,21H. The van der Waals surface area contributed by atoms with Gasteiger partial charge in [-0.05, 0) is 36.4 Å². The molecule has 0 amide bonds. The van der Waals surface area contributed by atoms with Crippen molar-refractivity contribution in [2.75, 3.05) is 0 Å². The molecule has 0 saturated heterocycles. The van der Waals surface area contributed by atoms with E-state index in [-0.39, 0.29) is 17.5 Å². The Morgan fingerprint density at radius 1 is 0.864 bits per heavy atom. The van der Waals surface area contributed by atoms with Crippen molar-refractivity contribution in [1.82, 2.24) is 10.2 Å². The first kappa shape index (κ1) is 14.1. The third kappa shape index (κ3) is 2.65. The summed E-state index contributed by atoms with van der Waals surface area (Å²) in [5, 5.41) is 17.3. The van der Waals surface area contributed by atoms with Crippen LogP contribution in [0.1, 0.15) is 5.56 Å². The lowest BCUT2D eigenvalue weighted by atomic mass is 10.1. The van der Waals surface area contributed by atoms with Gasteiger partial charge in [0.25, 0.3) is 5.89 Å². The minimum atomic E-state index is -4.39. The largest absolute Gasteiger partial charge is 0.507 e. The van der Waals surface area contributed by atoms with Crippen LogP contribution in [0.3, 0.4) is 0 Å². The molecule has 0 fully saturated rings. The van der Waals surface area contributed by atoms with Crippen LogP contribution >= 0.6 is 0 Å². The Labute approximate surface area is 122 Å². The van der Waals surface area contributed by atoms with Crippen molar-refractivity contribution in [1.29, 1.82) is 0 Å². The maximum atomic E-state index is 12.5. The average molecular weight is 306 g/mol. The minimum absolute atomic E-state index is 0.0230. The van der Waals surface area contributed by atoms with Crippen LogP contribution in [-0.4, -0.2) is 15.3 Å². The first-order chi connectivity index (χ1) is 10.4. The van der Waals surface area contributed by atoms with Crippen molar-refractivity contribution in [3.63, 3.8) is 0 Å². The summed E-state index contributed by atoms with van der Waals surface area (Å²) in [4.78, 5) is 0. The molecule has 2 aromatic carbocycles. The minimum Gasteiger partial charge on any atom is -0.507 e. The Morgan fingerprint density at radius 3 is 2.14 bits per heavy atom. The van der Waals surface area contributed by atoms with E-state index in [9.17, 15) is 18.3 Å². The highest BCUT2D eigenvalue weighted by molar-refractivity contribution is 5.63. The Morgan fingerprint density at radius 2 is 1.50 bits per heavy atom. The van der Waals surface area contributed by atoms with Crippen LogP contribution in [-0.2, 0) is 6.18 Å². The molecule has 0 aliphatic heterocycles. The van der Waals surface area contributed by atoms with E-state index in [2.05, 4.69) is 10.2 Å². The smallest absolute Gasteiger partial charge is 0.416 e. The van der Waals surface area contributed by atoms with Crippen LogP contribution in [0.2, 0.25) is 0 Å². The SMILES string of the molecule is Oc1ccccc1-c1nnc(-c2ccc(C(F)(F)F)cc2)o1. The first-order valence-electron chi connectivity index (χ1n) is 6.24. The summed E-state index contributed by atoms with van der Waals surface area (Å²) < 4.78 is 42.9. The molecule has 3 rings (SSSR count). The maximum absolute atomic E-state index is 12.5. The summed E-state index contributed by atoms with van der Waals surface area (Å²) in [6.45, 7) is 0. The molecule has 4 nitrogen and oxygen atoms in total. The van der Waals surface area contributed by atoms with Gasteiger partial charge in [-0.2, -0.15) is 13.2 Å². The van der Waals surface area contributed by atoms with E-state index in [1.807, 2.05) is 0 Å². The van der Waals surface area contributed by atoms with Crippen LogP contribution in [0.5, 0.6) is 5.75 Å². The Hall–Kier alpha value is -2.83. The predicted octanol–water partition coefficient (Wildman–Crippen LogP) is 4.13. The van der Waals surface area contributed by atoms with E-state index >= 15 is 0 Å². The molecule has 1 heterocycles. The van der Waals surface area contributed by atoms with Gasteiger partial charge in [0.05, 0.1) is 11.1 Å². The van der Waals surface area contributed by atoms with Gasteiger partial charge >= 0.3 is 6.18 Å². The van der Waals surface area contributed by atoms with E-state index in [4.69, 9.17) is 4.42 Å². The molecule has 1 aromatic heterocycles. The third-order valence-electron chi connectivity index (χ3n) is 3.02. The fourth-order valence-electron chi connectivity index (χ4n) is 1.91. The zero-order valence-corrected chi connectivity index (χ0v) is 11.0. The van der Waals surface area contributed by atoms with Crippen molar-refractivity contribution < 1.29 is 22.7 Å². The number of nitrogens with zero attached hydrogens (tertiary/aromatic N) is 2. The molecule has 3 aromatic rings. The van der Waals surface area contributed by atoms with Crippen LogP contribution in [0.4, 0.5) is 13.2 Å². The summed E-state index contributed by atoms with van der Waals surface area (Å²) in [5.74, 6) is 0.144. The number of hydrogen-bond acceptors (Lipinski definition) is 4. The number of halogens is 3. The van der Waals surface area contributed by atoms with Crippen molar-refractivity contribution in [2.45, 2.75) is 6.18 Å². The Kier molecular flexibility index (Phi) is 3.32. The van der Waals surface area contributed by atoms with Gasteiger partial charge in [-0.3, -0.25) is 0 Å². The highest BCUT2D eigenvalue weighted by Crippen LogP contribution is 2.32. The summed E-state index contributed by atoms with van der Waals surface area (Å²) in [6.07, 6.45) is -4.39. The fraction of sp³-hybridized carbons (Fsp3) is 0.0667. The zero-order valence-electron chi connectivity index (χ0n) is 11.0. The van der Waals surface area contributed by atoms with Crippen molar-refractivity contribution in [3.05, 3.63) is 54.1 Å². The van der Waals surface area contributed by atoms with Gasteiger partial charge in [0.15, 0.2) is 0 Å².